The summed E-state index contributed by atoms with van der Waals surface area (Å²) in [4.78, 5) is 24.7. The van der Waals surface area contributed by atoms with Crippen LogP contribution in [0.1, 0.15) is 55.6 Å². The summed E-state index contributed by atoms with van der Waals surface area (Å²) in [6.07, 6.45) is -3.30. The van der Waals surface area contributed by atoms with E-state index in [1.54, 1.807) is 6.07 Å². The molecule has 24 heavy (non-hydrogen) atoms. The van der Waals surface area contributed by atoms with Crippen molar-refractivity contribution in [3.05, 3.63) is 23.7 Å². The van der Waals surface area contributed by atoms with Gasteiger partial charge < -0.3 is 14.6 Å². The third-order valence-corrected chi connectivity index (χ3v) is 4.14. The van der Waals surface area contributed by atoms with E-state index < -0.39 is 24.2 Å². The molecule has 2 atom stereocenters. The summed E-state index contributed by atoms with van der Waals surface area (Å²) in [5.41, 5.74) is 0.572. The van der Waals surface area contributed by atoms with Crippen LogP contribution >= 0.6 is 0 Å². The van der Waals surface area contributed by atoms with Crippen LogP contribution in [0.2, 0.25) is 0 Å². The van der Waals surface area contributed by atoms with Crippen LogP contribution in [0.3, 0.4) is 0 Å². The number of hydrogen-bond acceptors (Lipinski definition) is 3. The fourth-order valence-corrected chi connectivity index (χ4v) is 3.02. The van der Waals surface area contributed by atoms with Crippen molar-refractivity contribution in [3.63, 3.8) is 0 Å². The molecule has 0 aromatic carbocycles. The zero-order valence-corrected chi connectivity index (χ0v) is 13.8. The second-order valence-electron chi connectivity index (χ2n) is 6.35. The molecule has 2 rings (SSSR count). The molecule has 2 heterocycles. The summed E-state index contributed by atoms with van der Waals surface area (Å²) in [6, 6.07) is -0.780. The lowest BCUT2D eigenvalue weighted by atomic mass is 9.96. The molecule has 0 bridgehead atoms. The number of amides is 2. The minimum atomic E-state index is -4.53. The molecule has 0 spiro atoms. The van der Waals surface area contributed by atoms with Gasteiger partial charge in [-0.25, -0.2) is 0 Å². The smallest absolute Gasteiger partial charge is 0.408 e. The van der Waals surface area contributed by atoms with Crippen LogP contribution in [0.5, 0.6) is 0 Å². The third kappa shape index (κ3) is 3.91. The highest BCUT2D eigenvalue weighted by Gasteiger charge is 2.49. The number of hydrogen-bond donors (Lipinski definition) is 1. The number of likely N-dealkylation sites (tertiary alicyclic amines) is 1. The molecule has 2 amide bonds. The number of nitrogens with zero attached hydrogens (tertiary/aromatic N) is 1. The Morgan fingerprint density at radius 3 is 2.54 bits per heavy atom. The zero-order chi connectivity index (χ0) is 18.1. The average molecular weight is 346 g/mol. The van der Waals surface area contributed by atoms with Crippen molar-refractivity contribution in [2.75, 3.05) is 6.54 Å². The first-order chi connectivity index (χ1) is 11.1. The molecule has 134 valence electrons. The van der Waals surface area contributed by atoms with Crippen LogP contribution in [0.4, 0.5) is 13.2 Å². The Labute approximate surface area is 138 Å². The molecule has 0 saturated carbocycles. The van der Waals surface area contributed by atoms with E-state index in [1.165, 1.54) is 13.2 Å². The lowest BCUT2D eigenvalue weighted by molar-refractivity contribution is -0.184. The molecule has 1 aromatic rings. The Morgan fingerprint density at radius 1 is 1.33 bits per heavy atom. The van der Waals surface area contributed by atoms with Crippen molar-refractivity contribution in [2.24, 2.45) is 0 Å². The van der Waals surface area contributed by atoms with Gasteiger partial charge in [0.15, 0.2) is 5.76 Å². The summed E-state index contributed by atoms with van der Waals surface area (Å²) in [6.45, 7) is 4.77. The van der Waals surface area contributed by atoms with E-state index in [9.17, 15) is 22.8 Å². The predicted molar refractivity (Wildman–Crippen MR) is 80.5 cm³/mol. The summed E-state index contributed by atoms with van der Waals surface area (Å²) in [5.74, 6) is -1.24. The third-order valence-electron chi connectivity index (χ3n) is 4.14. The first-order valence-corrected chi connectivity index (χ1v) is 7.83. The van der Waals surface area contributed by atoms with Gasteiger partial charge in [-0.2, -0.15) is 13.2 Å². The van der Waals surface area contributed by atoms with Crippen molar-refractivity contribution in [1.82, 2.24) is 10.2 Å². The fourth-order valence-electron chi connectivity index (χ4n) is 3.02. The molecule has 1 aliphatic heterocycles. The molecular formula is C16H21F3N2O3. The highest BCUT2D eigenvalue weighted by Crippen LogP contribution is 2.34. The molecule has 1 N–H and O–H groups in total. The standard InChI is InChI=1S/C16H21F3N2O3/c1-9(2)12-6-7-24-14(12)15(23)21-8-11(20-10(3)22)4-5-13(21)16(17,18)19/h6-7,9,11,13H,4-5,8H2,1-3H3,(H,20,22)/t11-,13-/m0/s1. The lowest BCUT2D eigenvalue weighted by Crippen LogP contribution is -2.58. The van der Waals surface area contributed by atoms with E-state index >= 15 is 0 Å². The number of carbonyl (C=O) groups excluding carboxylic acids is 2. The lowest BCUT2D eigenvalue weighted by Gasteiger charge is -2.40. The second-order valence-corrected chi connectivity index (χ2v) is 6.35. The maximum atomic E-state index is 13.3. The van der Waals surface area contributed by atoms with Crippen LogP contribution in [-0.4, -0.2) is 41.5 Å². The number of rotatable bonds is 3. The summed E-state index contributed by atoms with van der Waals surface area (Å²) < 4.78 is 45.2. The first-order valence-electron chi connectivity index (χ1n) is 7.83. The summed E-state index contributed by atoms with van der Waals surface area (Å²) in [7, 11) is 0. The number of halogens is 3. The van der Waals surface area contributed by atoms with E-state index in [0.29, 0.717) is 5.56 Å². The quantitative estimate of drug-likeness (QED) is 0.915. The molecule has 1 aromatic heterocycles. The van der Waals surface area contributed by atoms with Gasteiger partial charge in [-0.3, -0.25) is 9.59 Å². The molecule has 8 heteroatoms. The Kier molecular flexibility index (Phi) is 5.25. The molecule has 1 aliphatic rings. The van der Waals surface area contributed by atoms with Crippen LogP contribution in [0.15, 0.2) is 16.7 Å². The van der Waals surface area contributed by atoms with Gasteiger partial charge in [-0.1, -0.05) is 13.8 Å². The monoisotopic (exact) mass is 346 g/mol. The van der Waals surface area contributed by atoms with Gasteiger partial charge in [-0.15, -0.1) is 0 Å². The Bertz CT molecular complexity index is 610. The van der Waals surface area contributed by atoms with Crippen molar-refractivity contribution in [2.45, 2.75) is 57.8 Å². The summed E-state index contributed by atoms with van der Waals surface area (Å²) >= 11 is 0. The fraction of sp³-hybridized carbons (Fsp3) is 0.625. The molecule has 0 unspecified atom stereocenters. The second kappa shape index (κ2) is 6.86. The van der Waals surface area contributed by atoms with Crippen LogP contribution < -0.4 is 5.32 Å². The topological polar surface area (TPSA) is 62.6 Å². The van der Waals surface area contributed by atoms with Crippen molar-refractivity contribution >= 4 is 11.8 Å². The van der Waals surface area contributed by atoms with Crippen LogP contribution in [0.25, 0.3) is 0 Å². The number of piperidine rings is 1. The van der Waals surface area contributed by atoms with Gasteiger partial charge in [-0.05, 0) is 24.8 Å². The first kappa shape index (κ1) is 18.4. The van der Waals surface area contributed by atoms with E-state index in [4.69, 9.17) is 4.42 Å². The summed E-state index contributed by atoms with van der Waals surface area (Å²) in [5, 5.41) is 2.59. The van der Waals surface area contributed by atoms with E-state index in [-0.39, 0.29) is 37.0 Å². The zero-order valence-electron chi connectivity index (χ0n) is 13.8. The normalized spacial score (nSPS) is 21.9. The molecule has 1 fully saturated rings. The SMILES string of the molecule is CC(=O)N[C@H]1CC[C@@H](C(F)(F)F)N(C(=O)c2occc2C(C)C)C1. The minimum Gasteiger partial charge on any atom is -0.459 e. The van der Waals surface area contributed by atoms with Gasteiger partial charge in [0.1, 0.15) is 6.04 Å². The maximum Gasteiger partial charge on any atom is 0.408 e. The number of nitrogens with one attached hydrogen (secondary N) is 1. The Hall–Kier alpha value is -1.99. The molecular weight excluding hydrogens is 325 g/mol. The Morgan fingerprint density at radius 2 is 2.00 bits per heavy atom. The van der Waals surface area contributed by atoms with Gasteiger partial charge in [0, 0.05) is 25.1 Å². The number of carbonyl (C=O) groups is 2. The average Bonchev–Trinajstić information content (AvgIpc) is 2.94. The van der Waals surface area contributed by atoms with Gasteiger partial charge >= 0.3 is 6.18 Å². The van der Waals surface area contributed by atoms with Gasteiger partial charge in [0.2, 0.25) is 5.91 Å². The van der Waals surface area contributed by atoms with Crippen LogP contribution in [-0.2, 0) is 4.79 Å². The minimum absolute atomic E-state index is 0.0528. The largest absolute Gasteiger partial charge is 0.459 e. The van der Waals surface area contributed by atoms with Gasteiger partial charge in [0.25, 0.3) is 5.91 Å². The van der Waals surface area contributed by atoms with E-state index in [2.05, 4.69) is 5.32 Å². The number of alkyl halides is 3. The molecule has 0 aliphatic carbocycles. The highest BCUT2D eigenvalue weighted by atomic mass is 19.4. The molecule has 5 nitrogen and oxygen atoms in total. The predicted octanol–water partition coefficient (Wildman–Crippen LogP) is 3.07. The van der Waals surface area contributed by atoms with Crippen molar-refractivity contribution < 1.29 is 27.2 Å². The molecule has 1 saturated heterocycles. The van der Waals surface area contributed by atoms with Gasteiger partial charge in [0.05, 0.1) is 6.26 Å². The van der Waals surface area contributed by atoms with Crippen molar-refractivity contribution in [3.8, 4) is 0 Å². The Balaban J connectivity index is 2.30. The maximum absolute atomic E-state index is 13.3. The highest BCUT2D eigenvalue weighted by molar-refractivity contribution is 5.93. The van der Waals surface area contributed by atoms with Crippen LogP contribution in [0, 0.1) is 0 Å². The van der Waals surface area contributed by atoms with Crippen molar-refractivity contribution in [1.29, 1.82) is 0 Å². The number of furan rings is 1. The van der Waals surface area contributed by atoms with E-state index in [1.807, 2.05) is 13.8 Å². The molecule has 0 radical (unpaired) electrons. The van der Waals surface area contributed by atoms with E-state index in [0.717, 1.165) is 4.90 Å².